The van der Waals surface area contributed by atoms with Crippen LogP contribution in [0.1, 0.15) is 12.6 Å². The third-order valence-corrected chi connectivity index (χ3v) is 2.59. The largest absolute Gasteiger partial charge is 0.505 e. The van der Waals surface area contributed by atoms with E-state index in [1.807, 2.05) is 18.9 Å². The zero-order valence-corrected chi connectivity index (χ0v) is 9.59. The molecule has 0 radical (unpaired) electrons. The number of nitrogens with zero attached hydrogens (tertiary/aromatic N) is 2. The van der Waals surface area contributed by atoms with E-state index < -0.39 is 0 Å². The minimum absolute atomic E-state index is 0.181. The van der Waals surface area contributed by atoms with E-state index in [1.54, 1.807) is 6.07 Å². The lowest BCUT2D eigenvalue weighted by atomic mass is 10.3. The second-order valence-corrected chi connectivity index (χ2v) is 3.67. The smallest absolute Gasteiger partial charge is 0.150 e. The molecule has 0 unspecified atom stereocenters. The van der Waals surface area contributed by atoms with Gasteiger partial charge in [0.15, 0.2) is 0 Å². The molecule has 72 valence electrons. The van der Waals surface area contributed by atoms with Crippen molar-refractivity contribution in [2.45, 2.75) is 13.8 Å². The fraction of sp³-hybridized carbons (Fsp3) is 0.444. The van der Waals surface area contributed by atoms with E-state index in [0.717, 1.165) is 17.9 Å². The maximum Gasteiger partial charge on any atom is 0.150 e. The van der Waals surface area contributed by atoms with Crippen molar-refractivity contribution in [2.75, 3.05) is 18.5 Å². The molecule has 0 spiro atoms. The van der Waals surface area contributed by atoms with Gasteiger partial charge in [0, 0.05) is 19.7 Å². The Morgan fingerprint density at radius 3 is 2.77 bits per heavy atom. The molecule has 0 aliphatic heterocycles. The molecule has 0 aliphatic carbocycles. The summed E-state index contributed by atoms with van der Waals surface area (Å²) >= 11 is 3.17. The highest BCUT2D eigenvalue weighted by Gasteiger charge is 2.08. The Labute approximate surface area is 86.5 Å². The number of aromatic nitrogens is 1. The topological polar surface area (TPSA) is 36.4 Å². The Kier molecular flexibility index (Phi) is 3.14. The van der Waals surface area contributed by atoms with Crippen molar-refractivity contribution in [1.29, 1.82) is 0 Å². The van der Waals surface area contributed by atoms with Gasteiger partial charge in [-0.05, 0) is 29.8 Å². The quantitative estimate of drug-likeness (QED) is 0.812. The highest BCUT2D eigenvalue weighted by molar-refractivity contribution is 9.10. The Hall–Kier alpha value is -0.770. The van der Waals surface area contributed by atoms with Crippen molar-refractivity contribution < 1.29 is 5.11 Å². The predicted octanol–water partition coefficient (Wildman–Crippen LogP) is 2.31. The monoisotopic (exact) mass is 244 g/mol. The van der Waals surface area contributed by atoms with Crippen molar-refractivity contribution in [2.24, 2.45) is 0 Å². The van der Waals surface area contributed by atoms with Gasteiger partial charge in [-0.15, -0.1) is 0 Å². The van der Waals surface area contributed by atoms with Crippen LogP contribution >= 0.6 is 15.9 Å². The lowest BCUT2D eigenvalue weighted by molar-refractivity contribution is 0.468. The molecule has 0 aliphatic rings. The third kappa shape index (κ3) is 2.12. The number of halogens is 1. The molecule has 1 N–H and O–H groups in total. The Balaban J connectivity index is 3.15. The highest BCUT2D eigenvalue weighted by atomic mass is 79.9. The molecule has 0 bridgehead atoms. The van der Waals surface area contributed by atoms with Crippen LogP contribution in [-0.4, -0.2) is 23.7 Å². The lowest BCUT2D eigenvalue weighted by Crippen LogP contribution is -2.17. The molecule has 0 saturated carbocycles. The predicted molar refractivity (Wildman–Crippen MR) is 57.3 cm³/mol. The van der Waals surface area contributed by atoms with E-state index in [-0.39, 0.29) is 5.75 Å². The molecule has 4 heteroatoms. The maximum absolute atomic E-state index is 9.43. The number of aromatic hydroxyl groups is 1. The zero-order chi connectivity index (χ0) is 10.0. The van der Waals surface area contributed by atoms with Crippen LogP contribution in [-0.2, 0) is 0 Å². The molecule has 1 aromatic rings. The van der Waals surface area contributed by atoms with Gasteiger partial charge in [-0.2, -0.15) is 0 Å². The van der Waals surface area contributed by atoms with E-state index in [2.05, 4.69) is 27.8 Å². The van der Waals surface area contributed by atoms with Crippen LogP contribution in [0, 0.1) is 6.92 Å². The average molecular weight is 245 g/mol. The average Bonchev–Trinajstić information content (AvgIpc) is 2.10. The lowest BCUT2D eigenvalue weighted by Gasteiger charge is -2.19. The van der Waals surface area contributed by atoms with Gasteiger partial charge in [-0.3, -0.25) is 0 Å². The summed E-state index contributed by atoms with van der Waals surface area (Å²) in [7, 11) is 1.97. The maximum atomic E-state index is 9.43. The Bertz CT molecular complexity index is 315. The molecule has 0 amide bonds. The molecule has 0 atom stereocenters. The van der Waals surface area contributed by atoms with E-state index in [0.29, 0.717) is 4.60 Å². The van der Waals surface area contributed by atoms with Crippen molar-refractivity contribution >= 4 is 21.6 Å². The Morgan fingerprint density at radius 1 is 1.62 bits per heavy atom. The van der Waals surface area contributed by atoms with Gasteiger partial charge in [0.25, 0.3) is 0 Å². The minimum Gasteiger partial charge on any atom is -0.505 e. The molecule has 0 fully saturated rings. The standard InChI is InChI=1S/C9H13BrN2O/c1-4-12(3)7-5-8(13)9(10)11-6(7)2/h5,13H,4H2,1-3H3. The van der Waals surface area contributed by atoms with Crippen LogP contribution in [0.25, 0.3) is 0 Å². The first-order valence-electron chi connectivity index (χ1n) is 4.13. The second kappa shape index (κ2) is 3.96. The summed E-state index contributed by atoms with van der Waals surface area (Å²) in [6.07, 6.45) is 0. The van der Waals surface area contributed by atoms with Crippen molar-refractivity contribution in [1.82, 2.24) is 4.98 Å². The first kappa shape index (κ1) is 10.3. The molecule has 0 saturated heterocycles. The summed E-state index contributed by atoms with van der Waals surface area (Å²) in [5.41, 5.74) is 1.87. The number of hydrogen-bond donors (Lipinski definition) is 1. The number of pyridine rings is 1. The summed E-state index contributed by atoms with van der Waals surface area (Å²) < 4.78 is 0.498. The summed E-state index contributed by atoms with van der Waals surface area (Å²) in [5, 5.41) is 9.43. The Morgan fingerprint density at radius 2 is 2.23 bits per heavy atom. The molecule has 13 heavy (non-hydrogen) atoms. The van der Waals surface area contributed by atoms with Crippen LogP contribution in [0.15, 0.2) is 10.7 Å². The number of anilines is 1. The summed E-state index contributed by atoms with van der Waals surface area (Å²) in [6, 6.07) is 1.72. The van der Waals surface area contributed by atoms with Gasteiger partial charge in [-0.1, -0.05) is 0 Å². The normalized spacial score (nSPS) is 10.2. The van der Waals surface area contributed by atoms with E-state index in [4.69, 9.17) is 0 Å². The number of rotatable bonds is 2. The van der Waals surface area contributed by atoms with Crippen LogP contribution in [0.3, 0.4) is 0 Å². The zero-order valence-electron chi connectivity index (χ0n) is 8.00. The van der Waals surface area contributed by atoms with Crippen molar-refractivity contribution in [3.63, 3.8) is 0 Å². The third-order valence-electron chi connectivity index (χ3n) is 2.01. The molecule has 1 aromatic heterocycles. The van der Waals surface area contributed by atoms with Gasteiger partial charge in [0.1, 0.15) is 10.4 Å². The fourth-order valence-corrected chi connectivity index (χ4v) is 1.49. The van der Waals surface area contributed by atoms with Gasteiger partial charge >= 0.3 is 0 Å². The molecule has 1 rings (SSSR count). The van der Waals surface area contributed by atoms with Crippen molar-refractivity contribution in [3.8, 4) is 5.75 Å². The fourth-order valence-electron chi connectivity index (χ4n) is 1.11. The van der Waals surface area contributed by atoms with Gasteiger partial charge in [0.05, 0.1) is 11.4 Å². The first-order valence-corrected chi connectivity index (χ1v) is 4.92. The molecule has 3 nitrogen and oxygen atoms in total. The molecular formula is C9H13BrN2O. The van der Waals surface area contributed by atoms with E-state index >= 15 is 0 Å². The summed E-state index contributed by atoms with van der Waals surface area (Å²) in [6.45, 7) is 4.87. The van der Waals surface area contributed by atoms with Gasteiger partial charge < -0.3 is 10.0 Å². The van der Waals surface area contributed by atoms with Gasteiger partial charge in [0.2, 0.25) is 0 Å². The van der Waals surface area contributed by atoms with Crippen LogP contribution < -0.4 is 4.90 Å². The van der Waals surface area contributed by atoms with Crippen LogP contribution in [0.4, 0.5) is 5.69 Å². The number of aryl methyl sites for hydroxylation is 1. The highest BCUT2D eigenvalue weighted by Crippen LogP contribution is 2.28. The SMILES string of the molecule is CCN(C)c1cc(O)c(Br)nc1C. The summed E-state index contributed by atoms with van der Waals surface area (Å²) in [4.78, 5) is 6.20. The van der Waals surface area contributed by atoms with Crippen LogP contribution in [0.2, 0.25) is 0 Å². The summed E-state index contributed by atoms with van der Waals surface area (Å²) in [5.74, 6) is 0.181. The van der Waals surface area contributed by atoms with E-state index in [1.165, 1.54) is 0 Å². The molecule has 0 aromatic carbocycles. The number of hydrogen-bond acceptors (Lipinski definition) is 3. The first-order chi connectivity index (χ1) is 6.06. The van der Waals surface area contributed by atoms with E-state index in [9.17, 15) is 5.11 Å². The van der Waals surface area contributed by atoms with Crippen molar-refractivity contribution in [3.05, 3.63) is 16.4 Å². The molecule has 1 heterocycles. The minimum atomic E-state index is 0.181. The second-order valence-electron chi connectivity index (χ2n) is 2.92. The van der Waals surface area contributed by atoms with Crippen LogP contribution in [0.5, 0.6) is 5.75 Å². The van der Waals surface area contributed by atoms with Gasteiger partial charge in [-0.25, -0.2) is 4.98 Å². The molecular weight excluding hydrogens is 232 g/mol.